The number of rotatable bonds is 1. The summed E-state index contributed by atoms with van der Waals surface area (Å²) in [5, 5.41) is 0. The first-order valence-corrected chi connectivity index (χ1v) is 4.64. The molecule has 0 unspecified atom stereocenters. The third-order valence-corrected chi connectivity index (χ3v) is 2.66. The fourth-order valence-corrected chi connectivity index (χ4v) is 1.78. The monoisotopic (exact) mass is 161 g/mol. The van der Waals surface area contributed by atoms with Gasteiger partial charge in [0.05, 0.1) is 6.61 Å². The zero-order chi connectivity index (χ0) is 8.55. The zero-order valence-electron chi connectivity index (χ0n) is 7.76. The molecule has 1 heterocycles. The molecule has 0 bridgehead atoms. The van der Waals surface area contributed by atoms with Crippen molar-refractivity contribution in [3.63, 3.8) is 0 Å². The molecule has 2 heteroatoms. The second-order valence-electron chi connectivity index (χ2n) is 3.85. The van der Waals surface area contributed by atoms with Crippen LogP contribution in [0.15, 0.2) is 22.7 Å². The van der Waals surface area contributed by atoms with Gasteiger partial charge in [0.15, 0.2) is 0 Å². The molecule has 0 aromatic heterocycles. The third kappa shape index (κ3) is 1.36. The van der Waals surface area contributed by atoms with Gasteiger partial charge < -0.3 is 4.65 Å². The van der Waals surface area contributed by atoms with Crippen LogP contribution in [0.3, 0.4) is 0 Å². The predicted molar refractivity (Wildman–Crippen MR) is 50.9 cm³/mol. The highest BCUT2D eigenvalue weighted by molar-refractivity contribution is 6.39. The Balaban J connectivity index is 2.21. The van der Waals surface area contributed by atoms with E-state index in [1.807, 2.05) is 7.48 Å². The first-order valence-electron chi connectivity index (χ1n) is 4.64. The molecule has 2 aliphatic rings. The maximum atomic E-state index is 5.28. The second kappa shape index (κ2) is 3.10. The summed E-state index contributed by atoms with van der Waals surface area (Å²) in [5.41, 5.74) is 4.40. The Morgan fingerprint density at radius 1 is 1.42 bits per heavy atom. The molecule has 1 radical (unpaired) electrons. The Bertz CT molecular complexity index is 251. The van der Waals surface area contributed by atoms with E-state index in [2.05, 4.69) is 19.9 Å². The smallest absolute Gasteiger partial charge is 0.326 e. The lowest BCUT2D eigenvalue weighted by Gasteiger charge is -2.17. The van der Waals surface area contributed by atoms with Crippen molar-refractivity contribution in [1.29, 1.82) is 0 Å². The van der Waals surface area contributed by atoms with E-state index in [1.165, 1.54) is 23.9 Å². The van der Waals surface area contributed by atoms with Crippen LogP contribution < -0.4 is 0 Å². The van der Waals surface area contributed by atoms with E-state index in [0.29, 0.717) is 5.92 Å². The molecule has 0 saturated carbocycles. The van der Waals surface area contributed by atoms with E-state index in [1.54, 1.807) is 5.57 Å². The van der Waals surface area contributed by atoms with Gasteiger partial charge in [-0.2, -0.15) is 0 Å². The molecular formula is C10H14BO. The van der Waals surface area contributed by atoms with Crippen molar-refractivity contribution in [3.8, 4) is 0 Å². The molecule has 0 aromatic carbocycles. The zero-order valence-corrected chi connectivity index (χ0v) is 7.76. The van der Waals surface area contributed by atoms with Crippen LogP contribution >= 0.6 is 0 Å². The summed E-state index contributed by atoms with van der Waals surface area (Å²) in [6.07, 6.45) is 4.72. The maximum Gasteiger partial charge on any atom is 0.326 e. The molecule has 0 fully saturated rings. The molecule has 12 heavy (non-hydrogen) atoms. The van der Waals surface area contributed by atoms with Gasteiger partial charge in [-0.05, 0) is 24.3 Å². The summed E-state index contributed by atoms with van der Waals surface area (Å²) < 4.78 is 5.28. The quantitative estimate of drug-likeness (QED) is 0.536. The molecule has 0 aromatic rings. The average Bonchev–Trinajstić information content (AvgIpc) is 2.49. The molecule has 0 saturated heterocycles. The Morgan fingerprint density at radius 3 is 3.00 bits per heavy atom. The van der Waals surface area contributed by atoms with Gasteiger partial charge in [0.25, 0.3) is 0 Å². The van der Waals surface area contributed by atoms with E-state index in [-0.39, 0.29) is 0 Å². The van der Waals surface area contributed by atoms with E-state index >= 15 is 0 Å². The summed E-state index contributed by atoms with van der Waals surface area (Å²) in [6, 6.07) is 0. The van der Waals surface area contributed by atoms with Crippen LogP contribution in [0.4, 0.5) is 0 Å². The molecule has 1 aliphatic heterocycles. The van der Waals surface area contributed by atoms with Crippen molar-refractivity contribution >= 4 is 7.48 Å². The van der Waals surface area contributed by atoms with Crippen LogP contribution in [-0.4, -0.2) is 14.1 Å². The summed E-state index contributed by atoms with van der Waals surface area (Å²) in [6.45, 7) is 5.32. The Morgan fingerprint density at radius 2 is 2.25 bits per heavy atom. The van der Waals surface area contributed by atoms with E-state index in [9.17, 15) is 0 Å². The van der Waals surface area contributed by atoms with Crippen molar-refractivity contribution in [3.05, 3.63) is 22.7 Å². The van der Waals surface area contributed by atoms with Crippen LogP contribution in [0, 0.1) is 5.92 Å². The second-order valence-corrected chi connectivity index (χ2v) is 3.85. The van der Waals surface area contributed by atoms with E-state index < -0.39 is 0 Å². The molecule has 1 aliphatic carbocycles. The lowest BCUT2D eigenvalue weighted by atomic mass is 9.77. The van der Waals surface area contributed by atoms with Gasteiger partial charge in [-0.1, -0.05) is 31.0 Å². The van der Waals surface area contributed by atoms with Gasteiger partial charge in [-0.15, -0.1) is 0 Å². The topological polar surface area (TPSA) is 9.23 Å². The Kier molecular flexibility index (Phi) is 2.10. The van der Waals surface area contributed by atoms with Crippen molar-refractivity contribution in [1.82, 2.24) is 0 Å². The molecule has 0 amide bonds. The lowest BCUT2D eigenvalue weighted by molar-refractivity contribution is 0.396. The van der Waals surface area contributed by atoms with Gasteiger partial charge in [-0.3, -0.25) is 0 Å². The minimum Gasteiger partial charge on any atom is -0.431 e. The highest BCUT2D eigenvalue weighted by atomic mass is 16.4. The minimum absolute atomic E-state index is 0.694. The largest absolute Gasteiger partial charge is 0.431 e. The van der Waals surface area contributed by atoms with Crippen molar-refractivity contribution in [2.24, 2.45) is 5.92 Å². The average molecular weight is 161 g/mol. The fraction of sp³-hybridized carbons (Fsp3) is 0.600. The van der Waals surface area contributed by atoms with Gasteiger partial charge in [-0.25, -0.2) is 0 Å². The van der Waals surface area contributed by atoms with Gasteiger partial charge in [0.1, 0.15) is 0 Å². The van der Waals surface area contributed by atoms with Crippen molar-refractivity contribution < 1.29 is 4.65 Å². The summed E-state index contributed by atoms with van der Waals surface area (Å²) in [7, 11) is 1.92. The number of hydrogen-bond acceptors (Lipinski definition) is 1. The standard InChI is InChI=1S/C10H14BO/c1-7(2)8-3-4-10-9(5-8)6-12-11-10/h5,7H,3-4,6H2,1-2H3. The first-order chi connectivity index (χ1) is 5.77. The third-order valence-electron chi connectivity index (χ3n) is 2.66. The molecule has 0 spiro atoms. The van der Waals surface area contributed by atoms with Gasteiger partial charge in [0, 0.05) is 0 Å². The minimum atomic E-state index is 0.694. The number of allylic oxidation sites excluding steroid dienone is 2. The predicted octanol–water partition coefficient (Wildman–Crippen LogP) is 2.27. The van der Waals surface area contributed by atoms with Gasteiger partial charge in [0.2, 0.25) is 0 Å². The highest BCUT2D eigenvalue weighted by Gasteiger charge is 2.20. The number of hydrogen-bond donors (Lipinski definition) is 0. The fourth-order valence-electron chi connectivity index (χ4n) is 1.78. The van der Waals surface area contributed by atoms with E-state index in [4.69, 9.17) is 4.65 Å². The van der Waals surface area contributed by atoms with Crippen LogP contribution in [0.2, 0.25) is 0 Å². The molecule has 2 rings (SSSR count). The maximum absolute atomic E-state index is 5.28. The highest BCUT2D eigenvalue weighted by Crippen LogP contribution is 2.30. The van der Waals surface area contributed by atoms with Gasteiger partial charge >= 0.3 is 7.48 Å². The Labute approximate surface area is 74.8 Å². The molecule has 0 atom stereocenters. The lowest BCUT2D eigenvalue weighted by Crippen LogP contribution is -2.03. The van der Waals surface area contributed by atoms with Crippen LogP contribution in [0.25, 0.3) is 0 Å². The van der Waals surface area contributed by atoms with Crippen LogP contribution in [0.5, 0.6) is 0 Å². The normalized spacial score (nSPS) is 22.4. The summed E-state index contributed by atoms with van der Waals surface area (Å²) >= 11 is 0. The molecule has 0 N–H and O–H groups in total. The summed E-state index contributed by atoms with van der Waals surface area (Å²) in [4.78, 5) is 0. The molecular weight excluding hydrogens is 147 g/mol. The Hall–Kier alpha value is -0.495. The summed E-state index contributed by atoms with van der Waals surface area (Å²) in [5.74, 6) is 0.694. The van der Waals surface area contributed by atoms with Crippen LogP contribution in [0.1, 0.15) is 26.7 Å². The SMILES string of the molecule is CC(C)C1=CC2=C([B]OC2)CC1. The first kappa shape index (κ1) is 8.12. The van der Waals surface area contributed by atoms with Crippen molar-refractivity contribution in [2.75, 3.05) is 6.61 Å². The van der Waals surface area contributed by atoms with Crippen LogP contribution in [-0.2, 0) is 4.65 Å². The van der Waals surface area contributed by atoms with Crippen molar-refractivity contribution in [2.45, 2.75) is 26.7 Å². The molecule has 1 nitrogen and oxygen atoms in total. The molecule has 63 valence electrons. The van der Waals surface area contributed by atoms with E-state index in [0.717, 1.165) is 6.61 Å².